The van der Waals surface area contributed by atoms with Crippen LogP contribution in [0.1, 0.15) is 20.3 Å². The Morgan fingerprint density at radius 3 is 2.20 bits per heavy atom. The van der Waals surface area contributed by atoms with E-state index < -0.39 is 0 Å². The molecule has 0 spiro atoms. The van der Waals surface area contributed by atoms with E-state index >= 15 is 0 Å². The van der Waals surface area contributed by atoms with Crippen LogP contribution in [0, 0.1) is 11.8 Å². The minimum Gasteiger partial charge on any atom is -0.339 e. The average Bonchev–Trinajstić information content (AvgIpc) is 3.03. The number of amides is 3. The van der Waals surface area contributed by atoms with Crippen LogP contribution in [0.25, 0.3) is 0 Å². The Bertz CT molecular complexity index is 651. The van der Waals surface area contributed by atoms with Gasteiger partial charge in [0, 0.05) is 50.7 Å². The molecule has 0 saturated carbocycles. The third-order valence-corrected chi connectivity index (χ3v) is 4.94. The molecule has 0 aromatic heterocycles. The van der Waals surface area contributed by atoms with Gasteiger partial charge >= 0.3 is 0 Å². The smallest absolute Gasteiger partial charge is 0.228 e. The van der Waals surface area contributed by atoms with Gasteiger partial charge in [0.15, 0.2) is 0 Å². The summed E-state index contributed by atoms with van der Waals surface area (Å²) >= 11 is 0. The van der Waals surface area contributed by atoms with Gasteiger partial charge in [-0.1, -0.05) is 32.0 Å². The Morgan fingerprint density at radius 1 is 1.00 bits per heavy atom. The van der Waals surface area contributed by atoms with E-state index in [0.717, 1.165) is 5.69 Å². The fraction of sp³-hybridized carbons (Fsp3) is 0.526. The van der Waals surface area contributed by atoms with Crippen molar-refractivity contribution in [2.24, 2.45) is 11.8 Å². The van der Waals surface area contributed by atoms with Crippen LogP contribution in [0.5, 0.6) is 0 Å². The molecular formula is C19H25N3O3. The maximum Gasteiger partial charge on any atom is 0.228 e. The molecule has 0 radical (unpaired) electrons. The predicted octanol–water partition coefficient (Wildman–Crippen LogP) is 1.37. The van der Waals surface area contributed by atoms with Gasteiger partial charge in [-0.25, -0.2) is 0 Å². The van der Waals surface area contributed by atoms with E-state index in [4.69, 9.17) is 0 Å². The molecule has 3 rings (SSSR count). The molecule has 2 heterocycles. The number of carbonyl (C=O) groups excluding carboxylic acids is 3. The Hall–Kier alpha value is -2.37. The summed E-state index contributed by atoms with van der Waals surface area (Å²) in [5, 5.41) is 0. The van der Waals surface area contributed by atoms with Crippen molar-refractivity contribution in [3.05, 3.63) is 30.3 Å². The monoisotopic (exact) mass is 343 g/mol. The molecule has 1 aromatic rings. The van der Waals surface area contributed by atoms with Gasteiger partial charge in [-0.2, -0.15) is 0 Å². The number of hydrogen-bond donors (Lipinski definition) is 0. The van der Waals surface area contributed by atoms with Crippen LogP contribution in [0.4, 0.5) is 5.69 Å². The lowest BCUT2D eigenvalue weighted by Crippen LogP contribution is -2.53. The van der Waals surface area contributed by atoms with Crippen molar-refractivity contribution in [3.63, 3.8) is 0 Å². The third kappa shape index (κ3) is 3.67. The zero-order valence-corrected chi connectivity index (χ0v) is 14.9. The van der Waals surface area contributed by atoms with Crippen LogP contribution in [0.15, 0.2) is 30.3 Å². The van der Waals surface area contributed by atoms with E-state index in [-0.39, 0.29) is 36.0 Å². The van der Waals surface area contributed by atoms with E-state index in [0.29, 0.717) is 32.7 Å². The van der Waals surface area contributed by atoms with Crippen molar-refractivity contribution >= 4 is 23.4 Å². The topological polar surface area (TPSA) is 60.9 Å². The van der Waals surface area contributed by atoms with Crippen LogP contribution in [-0.4, -0.2) is 60.2 Å². The fourth-order valence-electron chi connectivity index (χ4n) is 3.50. The highest BCUT2D eigenvalue weighted by molar-refractivity contribution is 6.00. The first kappa shape index (κ1) is 17.5. The number of para-hydroxylation sites is 1. The average molecular weight is 343 g/mol. The highest BCUT2D eigenvalue weighted by Crippen LogP contribution is 2.26. The molecule has 0 aliphatic carbocycles. The predicted molar refractivity (Wildman–Crippen MR) is 94.9 cm³/mol. The molecule has 25 heavy (non-hydrogen) atoms. The Morgan fingerprint density at radius 2 is 1.60 bits per heavy atom. The van der Waals surface area contributed by atoms with E-state index in [2.05, 4.69) is 0 Å². The molecule has 0 N–H and O–H groups in total. The van der Waals surface area contributed by atoms with Gasteiger partial charge in [-0.05, 0) is 12.1 Å². The van der Waals surface area contributed by atoms with Crippen LogP contribution in [0.3, 0.4) is 0 Å². The maximum atomic E-state index is 12.8. The molecule has 1 unspecified atom stereocenters. The lowest BCUT2D eigenvalue weighted by molar-refractivity contribution is -0.143. The summed E-state index contributed by atoms with van der Waals surface area (Å²) in [6, 6.07) is 9.47. The molecule has 0 bridgehead atoms. The zero-order chi connectivity index (χ0) is 18.0. The van der Waals surface area contributed by atoms with E-state index in [1.165, 1.54) is 0 Å². The minimum atomic E-state index is -0.292. The van der Waals surface area contributed by atoms with Gasteiger partial charge in [0.1, 0.15) is 0 Å². The van der Waals surface area contributed by atoms with Crippen LogP contribution < -0.4 is 4.90 Å². The number of piperazine rings is 1. The number of nitrogens with zero attached hydrogens (tertiary/aromatic N) is 3. The van der Waals surface area contributed by atoms with Crippen molar-refractivity contribution in [3.8, 4) is 0 Å². The van der Waals surface area contributed by atoms with E-state index in [9.17, 15) is 14.4 Å². The van der Waals surface area contributed by atoms with Gasteiger partial charge in [-0.15, -0.1) is 0 Å². The van der Waals surface area contributed by atoms with Gasteiger partial charge in [0.05, 0.1) is 5.92 Å². The molecule has 134 valence electrons. The molecule has 2 aliphatic rings. The zero-order valence-electron chi connectivity index (χ0n) is 14.9. The maximum absolute atomic E-state index is 12.8. The SMILES string of the molecule is CC(C)C(=O)N1CCN(C(=O)C2CC(=O)N(c3ccccc3)C2)CC1. The molecule has 2 aliphatic heterocycles. The van der Waals surface area contributed by atoms with Crippen LogP contribution in [0.2, 0.25) is 0 Å². The number of rotatable bonds is 3. The number of hydrogen-bond acceptors (Lipinski definition) is 3. The Labute approximate surface area is 148 Å². The molecule has 3 amide bonds. The van der Waals surface area contributed by atoms with Crippen molar-refractivity contribution in [1.82, 2.24) is 9.80 Å². The first-order valence-electron chi connectivity index (χ1n) is 8.90. The minimum absolute atomic E-state index is 0.00169. The second-order valence-corrected chi connectivity index (χ2v) is 7.05. The lowest BCUT2D eigenvalue weighted by Gasteiger charge is -2.36. The first-order valence-corrected chi connectivity index (χ1v) is 8.90. The second kappa shape index (κ2) is 7.25. The fourth-order valence-corrected chi connectivity index (χ4v) is 3.50. The lowest BCUT2D eigenvalue weighted by atomic mass is 10.1. The number of benzene rings is 1. The summed E-state index contributed by atoms with van der Waals surface area (Å²) in [4.78, 5) is 42.4. The third-order valence-electron chi connectivity index (χ3n) is 4.94. The quantitative estimate of drug-likeness (QED) is 0.833. The largest absolute Gasteiger partial charge is 0.339 e. The molecular weight excluding hydrogens is 318 g/mol. The highest BCUT2D eigenvalue weighted by atomic mass is 16.2. The van der Waals surface area contributed by atoms with Crippen molar-refractivity contribution < 1.29 is 14.4 Å². The second-order valence-electron chi connectivity index (χ2n) is 7.05. The van der Waals surface area contributed by atoms with Crippen LogP contribution >= 0.6 is 0 Å². The highest BCUT2D eigenvalue weighted by Gasteiger charge is 2.38. The molecule has 2 saturated heterocycles. The molecule has 2 fully saturated rings. The summed E-state index contributed by atoms with van der Waals surface area (Å²) in [6.45, 7) is 6.47. The normalized spacial score (nSPS) is 21.2. The van der Waals surface area contributed by atoms with Crippen molar-refractivity contribution in [2.75, 3.05) is 37.6 Å². The molecule has 6 nitrogen and oxygen atoms in total. The van der Waals surface area contributed by atoms with Gasteiger partial charge in [0.2, 0.25) is 17.7 Å². The molecule has 6 heteroatoms. The van der Waals surface area contributed by atoms with E-state index in [1.54, 1.807) is 9.80 Å². The summed E-state index contributed by atoms with van der Waals surface area (Å²) in [7, 11) is 0. The molecule has 1 aromatic carbocycles. The van der Waals surface area contributed by atoms with Gasteiger partial charge in [-0.3, -0.25) is 14.4 Å². The summed E-state index contributed by atoms with van der Waals surface area (Å²) < 4.78 is 0. The van der Waals surface area contributed by atoms with E-state index in [1.807, 2.05) is 49.1 Å². The summed E-state index contributed by atoms with van der Waals surface area (Å²) in [5.74, 6) is -0.144. The van der Waals surface area contributed by atoms with Crippen molar-refractivity contribution in [2.45, 2.75) is 20.3 Å². The van der Waals surface area contributed by atoms with Crippen LogP contribution in [-0.2, 0) is 14.4 Å². The Balaban J connectivity index is 1.58. The number of anilines is 1. The summed E-state index contributed by atoms with van der Waals surface area (Å²) in [5.41, 5.74) is 0.843. The number of carbonyl (C=O) groups is 3. The van der Waals surface area contributed by atoms with Crippen molar-refractivity contribution in [1.29, 1.82) is 0 Å². The van der Waals surface area contributed by atoms with Gasteiger partial charge < -0.3 is 14.7 Å². The van der Waals surface area contributed by atoms with Gasteiger partial charge in [0.25, 0.3) is 0 Å². The summed E-state index contributed by atoms with van der Waals surface area (Å²) in [6.07, 6.45) is 0.263. The standard InChI is InChI=1S/C19H25N3O3/c1-14(2)18(24)20-8-10-21(11-9-20)19(25)15-12-17(23)22(13-15)16-6-4-3-5-7-16/h3-7,14-15H,8-13H2,1-2H3. The Kier molecular flexibility index (Phi) is 5.06. The molecule has 1 atom stereocenters. The first-order chi connectivity index (χ1) is 12.0.